The Kier molecular flexibility index (Phi) is 3.45. The van der Waals surface area contributed by atoms with Gasteiger partial charge in [-0.05, 0) is 17.7 Å². The van der Waals surface area contributed by atoms with E-state index in [9.17, 15) is 13.2 Å². The fourth-order valence-corrected chi connectivity index (χ4v) is 2.61. The molecule has 94 valence electrons. The lowest BCUT2D eigenvalue weighted by atomic mass is 9.87. The van der Waals surface area contributed by atoms with Crippen LogP contribution >= 0.6 is 27.5 Å². The summed E-state index contributed by atoms with van der Waals surface area (Å²) in [5.74, 6) is 0. The summed E-state index contributed by atoms with van der Waals surface area (Å²) in [6, 6.07) is 4.74. The summed E-state index contributed by atoms with van der Waals surface area (Å²) in [6.45, 7) is 0.157. The van der Waals surface area contributed by atoms with Gasteiger partial charge in [0, 0.05) is 22.3 Å². The molecule has 1 aromatic carbocycles. The first-order valence-corrected chi connectivity index (χ1v) is 6.16. The quantitative estimate of drug-likeness (QED) is 0.783. The van der Waals surface area contributed by atoms with Crippen LogP contribution in [0.2, 0.25) is 5.02 Å². The normalized spacial score (nSPS) is 24.5. The summed E-state index contributed by atoms with van der Waals surface area (Å²) in [7, 11) is 0. The standard InChI is InChI=1S/C11H9BrClF3O/c12-9-5-8(13)2-1-7(9)6-10(3-4-17-10)11(14,15)16/h1-2,5H,3-4,6H2. The largest absolute Gasteiger partial charge is 0.417 e. The highest BCUT2D eigenvalue weighted by Crippen LogP contribution is 2.45. The van der Waals surface area contributed by atoms with Crippen molar-refractivity contribution in [2.24, 2.45) is 0 Å². The van der Waals surface area contributed by atoms with Gasteiger partial charge in [0.2, 0.25) is 0 Å². The van der Waals surface area contributed by atoms with E-state index in [1.54, 1.807) is 18.2 Å². The Morgan fingerprint density at radius 1 is 1.41 bits per heavy atom. The third kappa shape index (κ3) is 2.46. The molecule has 6 heteroatoms. The fraction of sp³-hybridized carbons (Fsp3) is 0.455. The van der Waals surface area contributed by atoms with Crippen LogP contribution in [0.5, 0.6) is 0 Å². The highest BCUT2D eigenvalue weighted by Gasteiger charge is 2.60. The zero-order valence-corrected chi connectivity index (χ0v) is 11.0. The number of halogens is 5. The molecule has 0 amide bonds. The predicted octanol–water partition coefficient (Wildman–Crippen LogP) is 4.37. The highest BCUT2D eigenvalue weighted by atomic mass is 79.9. The second kappa shape index (κ2) is 4.44. The summed E-state index contributed by atoms with van der Waals surface area (Å²) >= 11 is 8.95. The molecule has 0 radical (unpaired) electrons. The molecule has 2 rings (SSSR count). The third-order valence-corrected chi connectivity index (χ3v) is 3.87. The Morgan fingerprint density at radius 3 is 2.47 bits per heavy atom. The van der Waals surface area contributed by atoms with Crippen molar-refractivity contribution in [2.45, 2.75) is 24.6 Å². The summed E-state index contributed by atoms with van der Waals surface area (Å²) in [4.78, 5) is 0. The van der Waals surface area contributed by atoms with E-state index in [-0.39, 0.29) is 19.4 Å². The van der Waals surface area contributed by atoms with Crippen molar-refractivity contribution in [1.29, 1.82) is 0 Å². The maximum atomic E-state index is 12.9. The molecule has 1 saturated heterocycles. The molecule has 1 aliphatic rings. The van der Waals surface area contributed by atoms with Gasteiger partial charge in [-0.15, -0.1) is 0 Å². The van der Waals surface area contributed by atoms with Gasteiger partial charge in [0.25, 0.3) is 0 Å². The molecule has 1 atom stereocenters. The van der Waals surface area contributed by atoms with Crippen LogP contribution in [0.25, 0.3) is 0 Å². The van der Waals surface area contributed by atoms with Gasteiger partial charge in [-0.2, -0.15) is 13.2 Å². The third-order valence-electron chi connectivity index (χ3n) is 2.89. The molecule has 1 nitrogen and oxygen atoms in total. The first-order valence-electron chi connectivity index (χ1n) is 4.99. The lowest BCUT2D eigenvalue weighted by Crippen LogP contribution is -2.57. The Morgan fingerprint density at radius 2 is 2.06 bits per heavy atom. The molecule has 1 aromatic rings. The van der Waals surface area contributed by atoms with Gasteiger partial charge in [0.15, 0.2) is 5.60 Å². The SMILES string of the molecule is FC(F)(F)C1(Cc2ccc(Cl)cc2Br)CCO1. The van der Waals surface area contributed by atoms with Crippen LogP contribution in [-0.2, 0) is 11.2 Å². The van der Waals surface area contributed by atoms with Crippen LogP contribution in [-0.4, -0.2) is 18.4 Å². The van der Waals surface area contributed by atoms with Crippen LogP contribution in [0.1, 0.15) is 12.0 Å². The number of hydrogen-bond donors (Lipinski definition) is 0. The lowest BCUT2D eigenvalue weighted by Gasteiger charge is -2.43. The lowest BCUT2D eigenvalue weighted by molar-refractivity contribution is -0.324. The van der Waals surface area contributed by atoms with Gasteiger partial charge >= 0.3 is 6.18 Å². The maximum Gasteiger partial charge on any atom is 0.417 e. The predicted molar refractivity (Wildman–Crippen MR) is 62.2 cm³/mol. The van der Waals surface area contributed by atoms with Crippen molar-refractivity contribution in [1.82, 2.24) is 0 Å². The van der Waals surface area contributed by atoms with Crippen molar-refractivity contribution < 1.29 is 17.9 Å². The Hall–Kier alpha value is -0.260. The molecule has 17 heavy (non-hydrogen) atoms. The van der Waals surface area contributed by atoms with E-state index in [4.69, 9.17) is 16.3 Å². The van der Waals surface area contributed by atoms with E-state index in [2.05, 4.69) is 15.9 Å². The van der Waals surface area contributed by atoms with Crippen LogP contribution in [0, 0.1) is 0 Å². The van der Waals surface area contributed by atoms with E-state index in [0.29, 0.717) is 15.1 Å². The van der Waals surface area contributed by atoms with Crippen LogP contribution in [0.4, 0.5) is 13.2 Å². The first kappa shape index (κ1) is 13.2. The Bertz CT molecular complexity index is 429. The minimum Gasteiger partial charge on any atom is -0.365 e. The smallest absolute Gasteiger partial charge is 0.365 e. The second-order valence-corrected chi connectivity index (χ2v) is 5.29. The molecule has 0 aromatic heterocycles. The number of ether oxygens (including phenoxy) is 1. The zero-order chi connectivity index (χ0) is 12.7. The van der Waals surface area contributed by atoms with E-state index >= 15 is 0 Å². The van der Waals surface area contributed by atoms with Crippen molar-refractivity contribution >= 4 is 27.5 Å². The van der Waals surface area contributed by atoms with Gasteiger partial charge in [0.05, 0.1) is 6.61 Å². The van der Waals surface area contributed by atoms with Crippen molar-refractivity contribution in [3.63, 3.8) is 0 Å². The molecule has 0 saturated carbocycles. The van der Waals surface area contributed by atoms with Crippen LogP contribution in [0.15, 0.2) is 22.7 Å². The number of alkyl halides is 3. The fourth-order valence-electron chi connectivity index (χ4n) is 1.78. The molecular formula is C11H9BrClF3O. The number of hydrogen-bond acceptors (Lipinski definition) is 1. The molecule has 1 unspecified atom stereocenters. The molecule has 1 aliphatic heterocycles. The molecule has 1 fully saturated rings. The number of rotatable bonds is 2. The average molecular weight is 330 g/mol. The zero-order valence-electron chi connectivity index (χ0n) is 8.65. The van der Waals surface area contributed by atoms with Gasteiger partial charge in [0.1, 0.15) is 0 Å². The molecular weight excluding hydrogens is 320 g/mol. The molecule has 0 bridgehead atoms. The van der Waals surface area contributed by atoms with Crippen molar-refractivity contribution in [3.05, 3.63) is 33.3 Å². The van der Waals surface area contributed by atoms with Gasteiger partial charge < -0.3 is 4.74 Å². The second-order valence-electron chi connectivity index (χ2n) is 4.00. The van der Waals surface area contributed by atoms with E-state index in [1.165, 1.54) is 0 Å². The molecule has 0 spiro atoms. The monoisotopic (exact) mass is 328 g/mol. The van der Waals surface area contributed by atoms with E-state index in [0.717, 1.165) is 0 Å². The summed E-state index contributed by atoms with van der Waals surface area (Å²) in [5, 5.41) is 0.483. The van der Waals surface area contributed by atoms with Crippen molar-refractivity contribution in [3.8, 4) is 0 Å². The topological polar surface area (TPSA) is 9.23 Å². The maximum absolute atomic E-state index is 12.9. The van der Waals surface area contributed by atoms with Crippen molar-refractivity contribution in [2.75, 3.05) is 6.61 Å². The van der Waals surface area contributed by atoms with Gasteiger partial charge in [-0.3, -0.25) is 0 Å². The summed E-state index contributed by atoms with van der Waals surface area (Å²) in [5.41, 5.74) is -1.48. The first-order chi connectivity index (χ1) is 7.84. The minimum atomic E-state index is -4.34. The molecule has 1 heterocycles. The Balaban J connectivity index is 2.25. The summed E-state index contributed by atoms with van der Waals surface area (Å²) in [6.07, 6.45) is -4.52. The number of benzene rings is 1. The van der Waals surface area contributed by atoms with Gasteiger partial charge in [-0.25, -0.2) is 0 Å². The molecule has 0 aliphatic carbocycles. The van der Waals surface area contributed by atoms with Crippen LogP contribution < -0.4 is 0 Å². The summed E-state index contributed by atoms with van der Waals surface area (Å²) < 4.78 is 44.0. The molecule has 0 N–H and O–H groups in total. The highest BCUT2D eigenvalue weighted by molar-refractivity contribution is 9.10. The average Bonchev–Trinajstić information content (AvgIpc) is 2.11. The minimum absolute atomic E-state index is 0.00552. The van der Waals surface area contributed by atoms with E-state index < -0.39 is 11.8 Å². The van der Waals surface area contributed by atoms with E-state index in [1.807, 2.05) is 0 Å². The van der Waals surface area contributed by atoms with Gasteiger partial charge in [-0.1, -0.05) is 33.6 Å². The van der Waals surface area contributed by atoms with Crippen LogP contribution in [0.3, 0.4) is 0 Å². The Labute approximate surface area is 110 Å².